The Bertz CT molecular complexity index is 864. The van der Waals surface area contributed by atoms with Gasteiger partial charge in [-0.05, 0) is 55.2 Å². The van der Waals surface area contributed by atoms with Crippen LogP contribution in [0.5, 0.6) is 0 Å². The third kappa shape index (κ3) is 6.29. The Hall–Kier alpha value is -2.93. The van der Waals surface area contributed by atoms with Crippen molar-refractivity contribution in [2.24, 2.45) is 0 Å². The van der Waals surface area contributed by atoms with E-state index in [1.807, 2.05) is 25.2 Å². The van der Waals surface area contributed by atoms with Gasteiger partial charge < -0.3 is 15.5 Å². The fourth-order valence-corrected chi connectivity index (χ4v) is 3.56. The van der Waals surface area contributed by atoms with E-state index in [1.54, 1.807) is 4.90 Å². The van der Waals surface area contributed by atoms with Gasteiger partial charge in [0.25, 0.3) is 0 Å². The Kier molecular flexibility index (Phi) is 7.41. The molecule has 3 rings (SSSR count). The molecular formula is C23H29FN4O2. The van der Waals surface area contributed by atoms with E-state index in [0.29, 0.717) is 18.8 Å². The van der Waals surface area contributed by atoms with E-state index in [0.717, 1.165) is 31.5 Å². The number of likely N-dealkylation sites (N-methyl/N-ethyl adjacent to an activating group) is 1. The first-order valence-corrected chi connectivity index (χ1v) is 10.2. The van der Waals surface area contributed by atoms with Crippen LogP contribution < -0.4 is 10.6 Å². The van der Waals surface area contributed by atoms with E-state index in [1.165, 1.54) is 29.8 Å². The fourth-order valence-electron chi connectivity index (χ4n) is 3.56. The van der Waals surface area contributed by atoms with Gasteiger partial charge in [0, 0.05) is 38.4 Å². The summed E-state index contributed by atoms with van der Waals surface area (Å²) in [5.74, 6) is -0.244. The molecule has 0 spiro atoms. The van der Waals surface area contributed by atoms with E-state index < -0.39 is 0 Å². The second kappa shape index (κ2) is 10.2. The molecule has 3 amide bonds. The van der Waals surface area contributed by atoms with Crippen molar-refractivity contribution < 1.29 is 14.0 Å². The zero-order valence-electron chi connectivity index (χ0n) is 17.5. The Morgan fingerprint density at radius 2 is 1.77 bits per heavy atom. The number of carbonyl (C=O) groups is 2. The normalized spacial score (nSPS) is 14.9. The zero-order valence-corrected chi connectivity index (χ0v) is 17.5. The summed E-state index contributed by atoms with van der Waals surface area (Å²) in [6, 6.07) is 13.5. The number of urea groups is 1. The van der Waals surface area contributed by atoms with Crippen molar-refractivity contribution in [3.8, 4) is 0 Å². The van der Waals surface area contributed by atoms with Crippen LogP contribution in [0.2, 0.25) is 0 Å². The van der Waals surface area contributed by atoms with Gasteiger partial charge in [-0.2, -0.15) is 0 Å². The molecule has 30 heavy (non-hydrogen) atoms. The summed E-state index contributed by atoms with van der Waals surface area (Å²) in [6.45, 7) is 4.55. The smallest absolute Gasteiger partial charge is 0.319 e. The maximum Gasteiger partial charge on any atom is 0.319 e. The predicted molar refractivity (Wildman–Crippen MR) is 116 cm³/mol. The minimum absolute atomic E-state index is 0.0569. The first kappa shape index (κ1) is 21.8. The molecule has 2 aromatic rings. The minimum atomic E-state index is -0.340. The molecule has 0 unspecified atom stereocenters. The molecule has 2 aromatic carbocycles. The Morgan fingerprint density at radius 3 is 2.43 bits per heavy atom. The highest BCUT2D eigenvalue weighted by Crippen LogP contribution is 2.13. The van der Waals surface area contributed by atoms with Crippen LogP contribution in [-0.4, -0.2) is 54.5 Å². The van der Waals surface area contributed by atoms with Crippen LogP contribution in [0.25, 0.3) is 0 Å². The predicted octanol–water partition coefficient (Wildman–Crippen LogP) is 3.38. The number of hydrogen-bond donors (Lipinski definition) is 2. The number of nitrogens with one attached hydrogen (secondary N) is 2. The highest BCUT2D eigenvalue weighted by Gasteiger charge is 2.23. The zero-order chi connectivity index (χ0) is 21.5. The summed E-state index contributed by atoms with van der Waals surface area (Å²) in [5.41, 5.74) is 2.89. The van der Waals surface area contributed by atoms with Crippen LogP contribution in [0.4, 0.5) is 14.9 Å². The van der Waals surface area contributed by atoms with Gasteiger partial charge in [0.15, 0.2) is 0 Å². The van der Waals surface area contributed by atoms with Gasteiger partial charge in [-0.1, -0.05) is 24.3 Å². The van der Waals surface area contributed by atoms with E-state index in [9.17, 15) is 14.0 Å². The largest absolute Gasteiger partial charge is 0.340 e. The SMILES string of the molecule is Cc1ccccc1CN(C)C(=O)CN1CCC(NC(=O)Nc2ccc(F)cc2)CC1. The second-order valence-corrected chi connectivity index (χ2v) is 7.83. The molecule has 0 atom stereocenters. The molecule has 7 heteroatoms. The van der Waals surface area contributed by atoms with E-state index in [2.05, 4.69) is 28.5 Å². The van der Waals surface area contributed by atoms with Crippen molar-refractivity contribution in [3.05, 3.63) is 65.5 Å². The molecular weight excluding hydrogens is 383 g/mol. The number of benzene rings is 2. The van der Waals surface area contributed by atoms with Crippen molar-refractivity contribution in [2.75, 3.05) is 32.0 Å². The average Bonchev–Trinajstić information content (AvgIpc) is 2.73. The number of likely N-dealkylation sites (tertiary alicyclic amines) is 1. The first-order chi connectivity index (χ1) is 14.4. The summed E-state index contributed by atoms with van der Waals surface area (Å²) in [4.78, 5) is 28.6. The number of nitrogens with zero attached hydrogens (tertiary/aromatic N) is 2. The fraction of sp³-hybridized carbons (Fsp3) is 0.391. The summed E-state index contributed by atoms with van der Waals surface area (Å²) in [7, 11) is 1.84. The summed E-state index contributed by atoms with van der Waals surface area (Å²) in [5, 5.41) is 5.66. The number of piperidine rings is 1. The summed E-state index contributed by atoms with van der Waals surface area (Å²) in [6.07, 6.45) is 1.57. The van der Waals surface area contributed by atoms with Crippen molar-refractivity contribution in [1.82, 2.24) is 15.1 Å². The molecule has 1 fully saturated rings. The number of amides is 3. The molecule has 0 aliphatic carbocycles. The van der Waals surface area contributed by atoms with E-state index in [-0.39, 0.29) is 23.8 Å². The average molecular weight is 413 g/mol. The Labute approximate surface area is 177 Å². The van der Waals surface area contributed by atoms with Crippen LogP contribution in [0.3, 0.4) is 0 Å². The molecule has 0 bridgehead atoms. The van der Waals surface area contributed by atoms with Gasteiger partial charge in [-0.3, -0.25) is 9.69 Å². The lowest BCUT2D eigenvalue weighted by molar-refractivity contribution is -0.131. The Balaban J connectivity index is 1.39. The Morgan fingerprint density at radius 1 is 1.10 bits per heavy atom. The third-order valence-electron chi connectivity index (χ3n) is 5.48. The van der Waals surface area contributed by atoms with Crippen LogP contribution >= 0.6 is 0 Å². The minimum Gasteiger partial charge on any atom is -0.340 e. The van der Waals surface area contributed by atoms with Gasteiger partial charge >= 0.3 is 6.03 Å². The van der Waals surface area contributed by atoms with Gasteiger partial charge in [0.1, 0.15) is 5.82 Å². The quantitative estimate of drug-likeness (QED) is 0.765. The molecule has 1 aliphatic heterocycles. The highest BCUT2D eigenvalue weighted by molar-refractivity contribution is 5.89. The maximum absolute atomic E-state index is 12.9. The lowest BCUT2D eigenvalue weighted by Crippen LogP contribution is -2.48. The first-order valence-electron chi connectivity index (χ1n) is 10.2. The van der Waals surface area contributed by atoms with Gasteiger partial charge in [-0.15, -0.1) is 0 Å². The van der Waals surface area contributed by atoms with Gasteiger partial charge in [-0.25, -0.2) is 9.18 Å². The maximum atomic E-state index is 12.9. The van der Waals surface area contributed by atoms with E-state index >= 15 is 0 Å². The van der Waals surface area contributed by atoms with E-state index in [4.69, 9.17) is 0 Å². The van der Waals surface area contributed by atoms with Crippen LogP contribution in [0.15, 0.2) is 48.5 Å². The summed E-state index contributed by atoms with van der Waals surface area (Å²) < 4.78 is 12.9. The van der Waals surface area contributed by atoms with Crippen LogP contribution in [0.1, 0.15) is 24.0 Å². The highest BCUT2D eigenvalue weighted by atomic mass is 19.1. The van der Waals surface area contributed by atoms with Crippen molar-refractivity contribution in [2.45, 2.75) is 32.4 Å². The molecule has 1 aliphatic rings. The number of carbonyl (C=O) groups excluding carboxylic acids is 2. The molecule has 0 saturated carbocycles. The molecule has 160 valence electrons. The summed E-state index contributed by atoms with van der Waals surface area (Å²) >= 11 is 0. The number of aryl methyl sites for hydroxylation is 1. The van der Waals surface area contributed by atoms with Gasteiger partial charge in [0.05, 0.1) is 6.54 Å². The molecule has 6 nitrogen and oxygen atoms in total. The van der Waals surface area contributed by atoms with Gasteiger partial charge in [0.2, 0.25) is 5.91 Å². The van der Waals surface area contributed by atoms with Crippen LogP contribution in [0, 0.1) is 12.7 Å². The van der Waals surface area contributed by atoms with Crippen LogP contribution in [-0.2, 0) is 11.3 Å². The number of rotatable bonds is 6. The number of halogens is 1. The number of hydrogen-bond acceptors (Lipinski definition) is 3. The van der Waals surface area contributed by atoms with Crippen molar-refractivity contribution in [1.29, 1.82) is 0 Å². The lowest BCUT2D eigenvalue weighted by Gasteiger charge is -2.33. The molecule has 0 radical (unpaired) electrons. The molecule has 2 N–H and O–H groups in total. The monoisotopic (exact) mass is 412 g/mol. The standard InChI is InChI=1S/C23H29FN4O2/c1-17-5-3-4-6-18(17)15-27(2)22(29)16-28-13-11-21(12-14-28)26-23(30)25-20-9-7-19(24)8-10-20/h3-10,21H,11-16H2,1-2H3,(H2,25,26,30). The molecule has 1 saturated heterocycles. The second-order valence-electron chi connectivity index (χ2n) is 7.83. The van der Waals surface area contributed by atoms with Crippen molar-refractivity contribution >= 4 is 17.6 Å². The molecule has 0 aromatic heterocycles. The lowest BCUT2D eigenvalue weighted by atomic mass is 10.1. The topological polar surface area (TPSA) is 64.7 Å². The molecule has 1 heterocycles. The van der Waals surface area contributed by atoms with Crippen molar-refractivity contribution in [3.63, 3.8) is 0 Å². The third-order valence-corrected chi connectivity index (χ3v) is 5.48. The number of anilines is 1.